The molecule has 55 heavy (non-hydrogen) atoms. The molecule has 0 rings (SSSR count). The molecule has 9 nitrogen and oxygen atoms in total. The van der Waals surface area contributed by atoms with Crippen molar-refractivity contribution in [1.82, 2.24) is 0 Å². The fraction of sp³-hybridized carbons (Fsp3) is 0.644. The number of carbonyl (C=O) groups excluding carboxylic acids is 2. The summed E-state index contributed by atoms with van der Waals surface area (Å²) in [6, 6.07) is 0. The number of carbonyl (C=O) groups is 2. The van der Waals surface area contributed by atoms with Gasteiger partial charge in [0.05, 0.1) is 13.2 Å². The fourth-order valence-electron chi connectivity index (χ4n) is 5.11. The second-order valence-corrected chi connectivity index (χ2v) is 14.9. The zero-order valence-corrected chi connectivity index (χ0v) is 35.3. The van der Waals surface area contributed by atoms with Gasteiger partial charge in [-0.15, -0.1) is 0 Å². The topological polar surface area (TPSA) is 134 Å². The maximum atomic E-state index is 12.5. The van der Waals surface area contributed by atoms with Crippen LogP contribution in [0.3, 0.4) is 0 Å². The fourth-order valence-corrected chi connectivity index (χ4v) is 5.88. The lowest BCUT2D eigenvalue weighted by Crippen LogP contribution is -2.29. The lowest BCUT2D eigenvalue weighted by Gasteiger charge is -2.19. The maximum Gasteiger partial charge on any atom is 0.472 e. The highest BCUT2D eigenvalue weighted by Gasteiger charge is 2.25. The van der Waals surface area contributed by atoms with Crippen molar-refractivity contribution in [2.45, 2.75) is 161 Å². The standard InChI is InChI=1S/C45H76NO8P/c1-3-5-7-9-11-13-15-17-19-21-23-25-27-29-31-33-35-37-44(47)51-41-43(42-53-55(49,50)52-40-39-46)54-45(48)38-36-34-32-30-28-26-24-22-20-18-16-14-12-10-8-6-4-2/h11,13,17-20,23-26,29-32,43H,3-10,12,14-16,21-22,27-28,33-42,46H2,1-2H3,(H,49,50). The molecule has 0 aromatic carbocycles. The molecule has 0 radical (unpaired) electrons. The third-order valence-corrected chi connectivity index (χ3v) is 9.24. The minimum Gasteiger partial charge on any atom is -0.462 e. The highest BCUT2D eigenvalue weighted by atomic mass is 31.2. The Labute approximate surface area is 334 Å². The summed E-state index contributed by atoms with van der Waals surface area (Å²) in [6.07, 6.45) is 50.6. The van der Waals surface area contributed by atoms with E-state index in [0.717, 1.165) is 44.9 Å². The Morgan fingerprint density at radius 1 is 0.545 bits per heavy atom. The maximum absolute atomic E-state index is 12.5. The van der Waals surface area contributed by atoms with Crippen molar-refractivity contribution in [3.63, 3.8) is 0 Å². The van der Waals surface area contributed by atoms with Gasteiger partial charge in [0.25, 0.3) is 0 Å². The van der Waals surface area contributed by atoms with Gasteiger partial charge in [-0.3, -0.25) is 18.6 Å². The first-order valence-corrected chi connectivity index (χ1v) is 22.6. The summed E-state index contributed by atoms with van der Waals surface area (Å²) in [5.41, 5.74) is 5.33. The molecule has 0 aliphatic heterocycles. The van der Waals surface area contributed by atoms with E-state index in [1.165, 1.54) is 64.2 Å². The Hall–Kier alpha value is -2.81. The third-order valence-electron chi connectivity index (χ3n) is 8.25. The molecule has 0 amide bonds. The Morgan fingerprint density at radius 2 is 0.945 bits per heavy atom. The molecule has 0 spiro atoms. The molecule has 0 bridgehead atoms. The van der Waals surface area contributed by atoms with Gasteiger partial charge < -0.3 is 20.1 Å². The molecule has 0 aromatic rings. The van der Waals surface area contributed by atoms with Gasteiger partial charge in [-0.1, -0.05) is 144 Å². The molecule has 2 unspecified atom stereocenters. The highest BCUT2D eigenvalue weighted by molar-refractivity contribution is 7.47. The van der Waals surface area contributed by atoms with E-state index in [1.54, 1.807) is 0 Å². The number of rotatable bonds is 38. The van der Waals surface area contributed by atoms with Crippen molar-refractivity contribution in [3.8, 4) is 0 Å². The molecule has 2 atom stereocenters. The number of unbranched alkanes of at least 4 members (excludes halogenated alkanes) is 11. The number of esters is 2. The number of hydrogen-bond donors (Lipinski definition) is 2. The van der Waals surface area contributed by atoms with E-state index in [-0.39, 0.29) is 32.6 Å². The molecular formula is C45H76NO8P. The van der Waals surface area contributed by atoms with Crippen LogP contribution in [0, 0.1) is 0 Å². The van der Waals surface area contributed by atoms with Crippen LogP contribution in [-0.2, 0) is 32.7 Å². The van der Waals surface area contributed by atoms with Crippen LogP contribution >= 0.6 is 7.82 Å². The summed E-state index contributed by atoms with van der Waals surface area (Å²) in [4.78, 5) is 34.8. The van der Waals surface area contributed by atoms with Gasteiger partial charge in [-0.25, -0.2) is 4.57 Å². The molecule has 0 heterocycles. The predicted octanol–water partition coefficient (Wildman–Crippen LogP) is 12.0. The predicted molar refractivity (Wildman–Crippen MR) is 229 cm³/mol. The molecule has 0 aliphatic carbocycles. The quantitative estimate of drug-likeness (QED) is 0.0271. The van der Waals surface area contributed by atoms with Gasteiger partial charge in [-0.05, 0) is 83.5 Å². The summed E-state index contributed by atoms with van der Waals surface area (Å²) in [7, 11) is -4.41. The van der Waals surface area contributed by atoms with Crippen LogP contribution < -0.4 is 5.73 Å². The summed E-state index contributed by atoms with van der Waals surface area (Å²) < 4.78 is 32.6. The third kappa shape index (κ3) is 40.7. The van der Waals surface area contributed by atoms with Gasteiger partial charge in [-0.2, -0.15) is 0 Å². The molecule has 0 aromatic heterocycles. The summed E-state index contributed by atoms with van der Waals surface area (Å²) in [5.74, 6) is -0.964. The first-order chi connectivity index (χ1) is 26.8. The van der Waals surface area contributed by atoms with Crippen molar-refractivity contribution in [1.29, 1.82) is 0 Å². The Bertz CT molecular complexity index is 1170. The van der Waals surface area contributed by atoms with Crippen molar-refractivity contribution < 1.29 is 37.6 Å². The van der Waals surface area contributed by atoms with Gasteiger partial charge in [0.2, 0.25) is 0 Å². The zero-order valence-electron chi connectivity index (χ0n) is 34.4. The molecule has 0 saturated heterocycles. The van der Waals surface area contributed by atoms with Crippen molar-refractivity contribution in [2.75, 3.05) is 26.4 Å². The second-order valence-electron chi connectivity index (χ2n) is 13.5. The van der Waals surface area contributed by atoms with E-state index in [9.17, 15) is 19.0 Å². The van der Waals surface area contributed by atoms with Crippen LogP contribution in [0.1, 0.15) is 155 Å². The van der Waals surface area contributed by atoms with E-state index >= 15 is 0 Å². The lowest BCUT2D eigenvalue weighted by molar-refractivity contribution is -0.161. The minimum absolute atomic E-state index is 0.0342. The molecule has 0 aliphatic rings. The van der Waals surface area contributed by atoms with E-state index in [1.807, 2.05) is 12.2 Å². The largest absolute Gasteiger partial charge is 0.472 e. The van der Waals surface area contributed by atoms with Crippen LogP contribution in [0.4, 0.5) is 0 Å². The van der Waals surface area contributed by atoms with Crippen LogP contribution in [0.25, 0.3) is 0 Å². The van der Waals surface area contributed by atoms with Crippen LogP contribution in [0.15, 0.2) is 85.1 Å². The van der Waals surface area contributed by atoms with Crippen LogP contribution in [-0.4, -0.2) is 49.3 Å². The summed E-state index contributed by atoms with van der Waals surface area (Å²) in [6.45, 7) is 3.55. The molecule has 0 saturated carbocycles. The van der Waals surface area contributed by atoms with E-state index < -0.39 is 32.5 Å². The number of phosphoric acid groups is 1. The average molecular weight is 790 g/mol. The first-order valence-electron chi connectivity index (χ1n) is 21.1. The van der Waals surface area contributed by atoms with Crippen molar-refractivity contribution >= 4 is 19.8 Å². The van der Waals surface area contributed by atoms with Gasteiger partial charge in [0.1, 0.15) is 6.61 Å². The minimum atomic E-state index is -4.41. The number of hydrogen-bond acceptors (Lipinski definition) is 8. The number of phosphoric ester groups is 1. The van der Waals surface area contributed by atoms with Crippen LogP contribution in [0.5, 0.6) is 0 Å². The number of allylic oxidation sites excluding steroid dienone is 14. The number of ether oxygens (including phenoxy) is 2. The van der Waals surface area contributed by atoms with Gasteiger partial charge in [0, 0.05) is 19.4 Å². The second kappa shape index (κ2) is 40.8. The normalized spacial score (nSPS) is 14.2. The summed E-state index contributed by atoms with van der Waals surface area (Å²) >= 11 is 0. The molecular weight excluding hydrogens is 713 g/mol. The number of nitrogens with two attached hydrogens (primary N) is 1. The Kier molecular flexibility index (Phi) is 38.8. The van der Waals surface area contributed by atoms with Gasteiger partial charge in [0.15, 0.2) is 6.10 Å². The average Bonchev–Trinajstić information content (AvgIpc) is 3.17. The summed E-state index contributed by atoms with van der Waals surface area (Å²) in [5, 5.41) is 0. The zero-order chi connectivity index (χ0) is 40.3. The lowest BCUT2D eigenvalue weighted by atomic mass is 10.1. The van der Waals surface area contributed by atoms with Crippen LogP contribution in [0.2, 0.25) is 0 Å². The smallest absolute Gasteiger partial charge is 0.462 e. The molecule has 0 fully saturated rings. The Balaban J connectivity index is 4.38. The SMILES string of the molecule is CCCCCC=CCC=CCC=CCC=CCCCC(=O)OCC(COP(=O)(O)OCCN)OC(=O)CCCC=CCC=CCC=CCCCCCCCC. The first kappa shape index (κ1) is 52.2. The molecule has 3 N–H and O–H groups in total. The highest BCUT2D eigenvalue weighted by Crippen LogP contribution is 2.43. The molecule has 10 heteroatoms. The van der Waals surface area contributed by atoms with E-state index in [0.29, 0.717) is 19.3 Å². The van der Waals surface area contributed by atoms with E-state index in [2.05, 4.69) is 86.8 Å². The Morgan fingerprint density at radius 3 is 1.44 bits per heavy atom. The monoisotopic (exact) mass is 790 g/mol. The van der Waals surface area contributed by atoms with Crippen molar-refractivity contribution in [2.24, 2.45) is 5.73 Å². The van der Waals surface area contributed by atoms with E-state index in [4.69, 9.17) is 24.3 Å². The van der Waals surface area contributed by atoms with Gasteiger partial charge >= 0.3 is 19.8 Å². The van der Waals surface area contributed by atoms with Crippen molar-refractivity contribution in [3.05, 3.63) is 85.1 Å². The molecule has 314 valence electrons.